The third-order valence-electron chi connectivity index (χ3n) is 19.7. The van der Waals surface area contributed by atoms with Gasteiger partial charge in [0, 0.05) is 84.4 Å². The van der Waals surface area contributed by atoms with Gasteiger partial charge in [-0.3, -0.25) is 0 Å². The van der Waals surface area contributed by atoms with Crippen molar-refractivity contribution in [1.29, 1.82) is 0 Å². The van der Waals surface area contributed by atoms with Gasteiger partial charge in [-0.25, -0.2) is 0 Å². The fraction of sp³-hybridized carbons (Fsp3) is 0.192. The monoisotopic (exact) mass is 1860 g/mol. The van der Waals surface area contributed by atoms with Crippen LogP contribution in [-0.4, -0.2) is 53.9 Å². The summed E-state index contributed by atoms with van der Waals surface area (Å²) in [5, 5.41) is 2.95. The minimum atomic E-state index is -2.06. The Hall–Kier alpha value is -7.17. The molecule has 0 aromatic heterocycles. The van der Waals surface area contributed by atoms with Crippen LogP contribution >= 0.6 is 78.3 Å². The van der Waals surface area contributed by atoms with Crippen LogP contribution in [0.25, 0.3) is 11.1 Å². The molecule has 0 bridgehead atoms. The average Bonchev–Trinajstić information content (AvgIpc) is 1.65. The van der Waals surface area contributed by atoms with Crippen molar-refractivity contribution < 1.29 is 38.8 Å². The van der Waals surface area contributed by atoms with Gasteiger partial charge >= 0.3 is 240 Å². The van der Waals surface area contributed by atoms with E-state index in [2.05, 4.69) is 309 Å². The molecule has 0 saturated carbocycles. The van der Waals surface area contributed by atoms with Crippen LogP contribution in [0.2, 0.25) is 0 Å². The molecule has 6 nitrogen and oxygen atoms in total. The third-order valence-corrected chi connectivity index (χ3v) is 29.7. The first-order chi connectivity index (χ1) is 56.1. The van der Waals surface area contributed by atoms with E-state index in [0.29, 0.717) is 0 Å². The molecular formula is C99H102Cl6N4O2P2Ru2-2. The van der Waals surface area contributed by atoms with Crippen molar-refractivity contribution in [2.24, 2.45) is 0 Å². The maximum atomic E-state index is 6.19. The topological polar surface area (TPSA) is 31.4 Å². The molecule has 16 heteroatoms. The molecule has 2 saturated heterocycles. The van der Waals surface area contributed by atoms with E-state index in [1.165, 1.54) is 155 Å². The summed E-state index contributed by atoms with van der Waals surface area (Å²) in [4.78, 5) is 9.62. The average molecular weight is 1860 g/mol. The minimum absolute atomic E-state index is 0.649. The van der Waals surface area contributed by atoms with Crippen molar-refractivity contribution in [2.75, 3.05) is 65.3 Å². The van der Waals surface area contributed by atoms with Crippen molar-refractivity contribution in [2.45, 2.75) is 83.1 Å². The molecule has 0 radical (unpaired) electrons. The molecule has 0 amide bonds. The maximum absolute atomic E-state index is 6.19. The normalized spacial score (nSPS) is 13.6. The predicted octanol–water partition coefficient (Wildman–Crippen LogP) is 25.9. The summed E-state index contributed by atoms with van der Waals surface area (Å²) < 4.78 is 25.7. The number of fused-ring (bicyclic) bond motifs is 2. The Morgan fingerprint density at radius 2 is 0.504 bits per heavy atom. The number of hydrogen-bond donors (Lipinski definition) is 0. The Kier molecular flexibility index (Phi) is 33.8. The Morgan fingerprint density at radius 3 is 0.704 bits per heavy atom. The molecular weight excluding hydrogens is 1750 g/mol. The van der Waals surface area contributed by atoms with Crippen LogP contribution in [0.3, 0.4) is 0 Å². The van der Waals surface area contributed by atoms with Crippen LogP contribution in [0, 0.1) is 96.4 Å². The van der Waals surface area contributed by atoms with Crippen molar-refractivity contribution >= 4 is 142 Å². The Balaban J connectivity index is 0.000000147. The molecule has 0 N–H and O–H groups in total. The number of benzene rings is 12. The van der Waals surface area contributed by atoms with Crippen molar-refractivity contribution in [1.82, 2.24) is 0 Å². The van der Waals surface area contributed by atoms with E-state index in [4.69, 9.17) is 50.6 Å². The van der Waals surface area contributed by atoms with Gasteiger partial charge in [0.2, 0.25) is 0 Å². The molecule has 12 aromatic carbocycles. The van der Waals surface area contributed by atoms with Crippen molar-refractivity contribution in [3.63, 3.8) is 0 Å². The number of allylic oxidation sites excluding steroid dienone is 2. The summed E-state index contributed by atoms with van der Waals surface area (Å²) in [6, 6.07) is 97.0. The second-order valence-electron chi connectivity index (χ2n) is 28.3. The molecule has 600 valence electrons. The molecule has 16 rings (SSSR count). The van der Waals surface area contributed by atoms with Gasteiger partial charge in [-0.15, -0.1) is 23.2 Å². The van der Waals surface area contributed by atoms with E-state index >= 15 is 0 Å². The van der Waals surface area contributed by atoms with E-state index in [1.807, 2.05) is 121 Å². The number of alkyl halides is 2. The number of rotatable bonds is 12. The van der Waals surface area contributed by atoms with Gasteiger partial charge in [0.05, 0.1) is 24.3 Å². The van der Waals surface area contributed by atoms with Gasteiger partial charge in [0.25, 0.3) is 0 Å². The molecule has 2 fully saturated rings. The van der Waals surface area contributed by atoms with Gasteiger partial charge < -0.3 is 28.6 Å². The van der Waals surface area contributed by atoms with Crippen molar-refractivity contribution in [3.8, 4) is 0 Å². The number of nitrogens with zero attached hydrogens (tertiary/aromatic N) is 4. The standard InChI is InChI=1S/2C21H27N2.2C15H10.2C13H13OP.CH2Cl2.4ClH.2Ru/c2*1-14-9-16(3)20(17(4)10-14)22-7-8-23(13-22)21-18(5)11-15(2)12-19(21)6;2*1-2-6-12(7-3-1)15-11-10-13-8-4-5-9-14(13)15;2*1-14-15(12-8-4-2-5-9-12)13-10-6-3-7-11-13;2-1-3;;;;;;/h2*9-13H,7-8H2,1-6H3;2*1-9,11H;2*2-11H,1H3;1H2;4*1H;;/q2*-1;;;;;;;;;;2*+2/p-4/i;;;;;;1D2;;;;;;. The van der Waals surface area contributed by atoms with E-state index < -0.39 is 48.6 Å². The van der Waals surface area contributed by atoms with E-state index in [0.717, 1.165) is 34.4 Å². The third kappa shape index (κ3) is 24.1. The SMILES string of the molecule is COP(c1ccccc1)c1ccccc1.COP(c1ccccc1)c1ccccc1.Cc1cc(C)c(N2[CH-]N(c3c(C)cc(C)cc3C)CC2)c(C)c1.Cc1cc(C)c(N2[CH-]N(c3c(C)cc(C)cc3C)CC2)c(C)c1.[2H]C([2H])(Cl)Cl.[Cl][Ru]([Cl])=[C]1C=C(c2ccccc2)c2ccccc21.[Cl][Ru]([Cl])=[C]1C=C(c2ccccc2)c2ccccc21. The molecule has 115 heavy (non-hydrogen) atoms. The van der Waals surface area contributed by atoms with Gasteiger partial charge in [0.15, 0.2) is 0 Å². The van der Waals surface area contributed by atoms with Crippen LogP contribution < -0.4 is 40.8 Å². The zero-order chi connectivity index (χ0) is 84.0. The van der Waals surface area contributed by atoms with Crippen LogP contribution in [0.1, 0.15) is 103 Å². The second-order valence-corrected chi connectivity index (χ2v) is 44.5. The number of aryl methyl sites for hydroxylation is 12. The molecule has 0 atom stereocenters. The van der Waals surface area contributed by atoms with Crippen molar-refractivity contribution in [3.05, 3.63) is 405 Å². The Labute approximate surface area is 726 Å². The molecule has 4 aliphatic rings. The molecule has 2 aliphatic heterocycles. The summed E-state index contributed by atoms with van der Waals surface area (Å²) in [6.07, 6.45) is 4.30. The molecule has 2 heterocycles. The van der Waals surface area contributed by atoms with Crippen LogP contribution in [0.4, 0.5) is 22.7 Å². The number of halogens is 6. The number of anilines is 4. The summed E-state index contributed by atoms with van der Waals surface area (Å²) in [5.41, 5.74) is 31.4. The summed E-state index contributed by atoms with van der Waals surface area (Å²) >= 11 is 5.50. The van der Waals surface area contributed by atoms with E-state index in [-0.39, 0.29) is 0 Å². The number of hydrogen-bond acceptors (Lipinski definition) is 6. The molecule has 0 spiro atoms. The summed E-state index contributed by atoms with van der Waals surface area (Å²) in [7, 11) is 27.0. The van der Waals surface area contributed by atoms with Crippen LogP contribution in [-0.2, 0) is 36.1 Å². The zero-order valence-electron chi connectivity index (χ0n) is 69.7. The molecule has 0 unspecified atom stereocenters. The fourth-order valence-corrected chi connectivity index (χ4v) is 23.7. The van der Waals surface area contributed by atoms with E-state index in [1.54, 1.807) is 14.2 Å². The first kappa shape index (κ1) is 87.1. The second kappa shape index (κ2) is 44.6. The first-order valence-electron chi connectivity index (χ1n) is 38.9. The Bertz CT molecular complexity index is 4810. The quantitative estimate of drug-likeness (QED) is 0.0524. The van der Waals surface area contributed by atoms with Gasteiger partial charge in [-0.2, -0.15) is 13.3 Å². The Morgan fingerprint density at radius 1 is 0.313 bits per heavy atom. The fourth-order valence-electron chi connectivity index (χ4n) is 15.5. The van der Waals surface area contributed by atoms with Crippen LogP contribution in [0.15, 0.2) is 291 Å². The van der Waals surface area contributed by atoms with Gasteiger partial charge in [-0.1, -0.05) is 192 Å². The van der Waals surface area contributed by atoms with Crippen LogP contribution in [0.5, 0.6) is 0 Å². The summed E-state index contributed by atoms with van der Waals surface area (Å²) in [6.45, 7) is 35.1. The molecule has 2 aliphatic carbocycles. The molecule has 12 aromatic rings. The van der Waals surface area contributed by atoms with E-state index in [9.17, 15) is 0 Å². The predicted molar refractivity (Wildman–Crippen MR) is 501 cm³/mol. The first-order valence-corrected chi connectivity index (χ1v) is 51.9. The zero-order valence-corrected chi connectivity index (χ0v) is 77.5. The van der Waals surface area contributed by atoms with Gasteiger partial charge in [-0.05, 0) is 128 Å². The van der Waals surface area contributed by atoms with Gasteiger partial charge in [0.1, 0.15) is 0 Å². The summed E-state index contributed by atoms with van der Waals surface area (Å²) in [5.74, 6) is 0.